The first kappa shape index (κ1) is 12.9. The molecule has 0 aromatic heterocycles. The summed E-state index contributed by atoms with van der Waals surface area (Å²) < 4.78 is 0. The third-order valence-corrected chi connectivity index (χ3v) is 3.97. The molecule has 0 spiro atoms. The Labute approximate surface area is 116 Å². The molecular weight excluding hydrogens is 258 g/mol. The van der Waals surface area contributed by atoms with Gasteiger partial charge in [0.25, 0.3) is 0 Å². The van der Waals surface area contributed by atoms with Crippen molar-refractivity contribution in [1.29, 1.82) is 0 Å². The number of carbonyl (C=O) groups is 2. The second-order valence-electron chi connectivity index (χ2n) is 5.41. The van der Waals surface area contributed by atoms with Crippen LogP contribution in [0, 0.1) is 5.92 Å². The zero-order valence-corrected chi connectivity index (χ0v) is 11.2. The Kier molecular flexibility index (Phi) is 3.10. The van der Waals surface area contributed by atoms with Crippen molar-refractivity contribution in [1.82, 2.24) is 5.32 Å². The van der Waals surface area contributed by atoms with Crippen LogP contribution in [0.15, 0.2) is 18.2 Å². The molecule has 0 bridgehead atoms. The number of rotatable bonds is 2. The summed E-state index contributed by atoms with van der Waals surface area (Å²) in [6.45, 7) is 0.843. The lowest BCUT2D eigenvalue weighted by Gasteiger charge is -2.28. The van der Waals surface area contributed by atoms with Crippen molar-refractivity contribution in [3.05, 3.63) is 23.8 Å². The highest BCUT2D eigenvalue weighted by atomic mass is 16.4. The Morgan fingerprint density at radius 1 is 1.45 bits per heavy atom. The number of nitrogens with zero attached hydrogens (tertiary/aromatic N) is 1. The first-order valence-electron chi connectivity index (χ1n) is 6.65. The summed E-state index contributed by atoms with van der Waals surface area (Å²) in [5.41, 5.74) is 2.85. The zero-order chi connectivity index (χ0) is 14.3. The molecule has 2 aliphatic rings. The molecule has 1 aromatic rings. The van der Waals surface area contributed by atoms with Gasteiger partial charge >= 0.3 is 5.97 Å². The van der Waals surface area contributed by atoms with Gasteiger partial charge in [0.1, 0.15) is 0 Å². The molecule has 1 amide bonds. The summed E-state index contributed by atoms with van der Waals surface area (Å²) in [7, 11) is 1.88. The SMILES string of the molecule is CN1CC(=O)Nc2ccc(C3CC(C(=O)O)CN3)cc21. The predicted octanol–water partition coefficient (Wildman–Crippen LogP) is 0.810. The minimum Gasteiger partial charge on any atom is -0.481 e. The first-order chi connectivity index (χ1) is 9.54. The number of carbonyl (C=O) groups excluding carboxylic acids is 1. The average Bonchev–Trinajstić information content (AvgIpc) is 2.88. The monoisotopic (exact) mass is 275 g/mol. The lowest BCUT2D eigenvalue weighted by atomic mass is 9.98. The minimum absolute atomic E-state index is 0.0160. The molecule has 2 unspecified atom stereocenters. The van der Waals surface area contributed by atoms with E-state index in [2.05, 4.69) is 10.6 Å². The van der Waals surface area contributed by atoms with Gasteiger partial charge in [0, 0.05) is 19.6 Å². The summed E-state index contributed by atoms with van der Waals surface area (Å²) in [6, 6.07) is 5.91. The normalized spacial score (nSPS) is 25.2. The number of aliphatic carboxylic acids is 1. The van der Waals surface area contributed by atoms with E-state index in [4.69, 9.17) is 5.11 Å². The number of benzene rings is 1. The number of anilines is 2. The van der Waals surface area contributed by atoms with Crippen LogP contribution in [0.1, 0.15) is 18.0 Å². The van der Waals surface area contributed by atoms with Crippen molar-refractivity contribution < 1.29 is 14.7 Å². The zero-order valence-electron chi connectivity index (χ0n) is 11.2. The van der Waals surface area contributed by atoms with Gasteiger partial charge in [0.15, 0.2) is 0 Å². The molecule has 2 heterocycles. The van der Waals surface area contributed by atoms with Crippen molar-refractivity contribution in [2.75, 3.05) is 30.4 Å². The number of fused-ring (bicyclic) bond motifs is 1. The van der Waals surface area contributed by atoms with Crippen molar-refractivity contribution in [3.63, 3.8) is 0 Å². The van der Waals surface area contributed by atoms with Gasteiger partial charge in [-0.3, -0.25) is 9.59 Å². The summed E-state index contributed by atoms with van der Waals surface area (Å²) in [5, 5.41) is 15.1. The van der Waals surface area contributed by atoms with Crippen LogP contribution >= 0.6 is 0 Å². The lowest BCUT2D eigenvalue weighted by molar-refractivity contribution is -0.141. The molecule has 2 aliphatic heterocycles. The second-order valence-corrected chi connectivity index (χ2v) is 5.41. The number of amides is 1. The molecular formula is C14H17N3O3. The fraction of sp³-hybridized carbons (Fsp3) is 0.429. The van der Waals surface area contributed by atoms with E-state index in [1.54, 1.807) is 0 Å². The molecule has 106 valence electrons. The largest absolute Gasteiger partial charge is 0.481 e. The van der Waals surface area contributed by atoms with Gasteiger partial charge < -0.3 is 20.6 Å². The van der Waals surface area contributed by atoms with Gasteiger partial charge in [-0.25, -0.2) is 0 Å². The first-order valence-corrected chi connectivity index (χ1v) is 6.65. The Morgan fingerprint density at radius 3 is 2.95 bits per heavy atom. The van der Waals surface area contributed by atoms with Crippen LogP contribution in [0.25, 0.3) is 0 Å². The number of hydrogen-bond acceptors (Lipinski definition) is 4. The molecule has 3 N–H and O–H groups in total. The molecule has 6 nitrogen and oxygen atoms in total. The second kappa shape index (κ2) is 4.79. The van der Waals surface area contributed by atoms with Crippen LogP contribution in [0.3, 0.4) is 0 Å². The predicted molar refractivity (Wildman–Crippen MR) is 74.8 cm³/mol. The van der Waals surface area contributed by atoms with Gasteiger partial charge in [-0.2, -0.15) is 0 Å². The summed E-state index contributed by atoms with van der Waals surface area (Å²) in [5.74, 6) is -1.09. The van der Waals surface area contributed by atoms with Crippen molar-refractivity contribution in [2.24, 2.45) is 5.92 Å². The molecule has 6 heteroatoms. The Balaban J connectivity index is 1.84. The van der Waals surface area contributed by atoms with E-state index >= 15 is 0 Å². The van der Waals surface area contributed by atoms with Gasteiger partial charge in [-0.15, -0.1) is 0 Å². The Morgan fingerprint density at radius 2 is 2.25 bits per heavy atom. The van der Waals surface area contributed by atoms with Gasteiger partial charge in [0.05, 0.1) is 23.8 Å². The fourth-order valence-corrected chi connectivity index (χ4v) is 2.86. The fourth-order valence-electron chi connectivity index (χ4n) is 2.86. The highest BCUT2D eigenvalue weighted by molar-refractivity contribution is 6.01. The number of hydrogen-bond donors (Lipinski definition) is 3. The topological polar surface area (TPSA) is 81.7 Å². The van der Waals surface area contributed by atoms with Crippen LogP contribution in [-0.2, 0) is 9.59 Å². The maximum absolute atomic E-state index is 11.5. The van der Waals surface area contributed by atoms with E-state index in [9.17, 15) is 9.59 Å². The molecule has 20 heavy (non-hydrogen) atoms. The molecule has 2 atom stereocenters. The summed E-state index contributed by atoms with van der Waals surface area (Å²) in [4.78, 5) is 24.4. The quantitative estimate of drug-likeness (QED) is 0.744. The van der Waals surface area contributed by atoms with Crippen LogP contribution in [0.5, 0.6) is 0 Å². The molecule has 3 rings (SSSR count). The summed E-state index contributed by atoms with van der Waals surface area (Å²) >= 11 is 0. The van der Waals surface area contributed by atoms with E-state index in [0.29, 0.717) is 19.5 Å². The molecule has 0 saturated carbocycles. The summed E-state index contributed by atoms with van der Waals surface area (Å²) in [6.07, 6.45) is 0.601. The van der Waals surface area contributed by atoms with Crippen LogP contribution in [0.2, 0.25) is 0 Å². The number of likely N-dealkylation sites (N-methyl/N-ethyl adjacent to an activating group) is 1. The van der Waals surface area contributed by atoms with E-state index in [-0.39, 0.29) is 17.9 Å². The molecule has 0 aliphatic carbocycles. The van der Waals surface area contributed by atoms with E-state index in [1.807, 2.05) is 30.1 Å². The van der Waals surface area contributed by atoms with E-state index < -0.39 is 5.97 Å². The van der Waals surface area contributed by atoms with Gasteiger partial charge in [-0.1, -0.05) is 6.07 Å². The Hall–Kier alpha value is -2.08. The molecule has 1 fully saturated rings. The van der Waals surface area contributed by atoms with Crippen LogP contribution in [-0.4, -0.2) is 37.1 Å². The highest BCUT2D eigenvalue weighted by Gasteiger charge is 2.31. The third kappa shape index (κ3) is 2.22. The van der Waals surface area contributed by atoms with E-state index in [0.717, 1.165) is 16.9 Å². The molecule has 1 aromatic carbocycles. The minimum atomic E-state index is -0.748. The van der Waals surface area contributed by atoms with Crippen LogP contribution < -0.4 is 15.5 Å². The molecule has 0 radical (unpaired) electrons. The lowest BCUT2D eigenvalue weighted by Crippen LogP contribution is -2.35. The maximum atomic E-state index is 11.5. The smallest absolute Gasteiger partial charge is 0.307 e. The van der Waals surface area contributed by atoms with Crippen LogP contribution in [0.4, 0.5) is 11.4 Å². The third-order valence-electron chi connectivity index (χ3n) is 3.97. The average molecular weight is 275 g/mol. The number of carboxylic acids is 1. The van der Waals surface area contributed by atoms with Crippen molar-refractivity contribution in [3.8, 4) is 0 Å². The van der Waals surface area contributed by atoms with E-state index in [1.165, 1.54) is 0 Å². The standard InChI is InChI=1S/C14H17N3O3/c1-17-7-13(18)16-10-3-2-8(5-12(10)17)11-4-9(6-15-11)14(19)20/h2-3,5,9,11,15H,4,6-7H2,1H3,(H,16,18)(H,19,20). The maximum Gasteiger partial charge on any atom is 0.307 e. The number of carboxylic acid groups (broad SMARTS) is 1. The van der Waals surface area contributed by atoms with Gasteiger partial charge in [0.2, 0.25) is 5.91 Å². The van der Waals surface area contributed by atoms with Gasteiger partial charge in [-0.05, 0) is 24.1 Å². The molecule has 1 saturated heterocycles. The number of nitrogens with one attached hydrogen (secondary N) is 2. The van der Waals surface area contributed by atoms with Crippen molar-refractivity contribution in [2.45, 2.75) is 12.5 Å². The Bertz CT molecular complexity index is 573. The van der Waals surface area contributed by atoms with Crippen molar-refractivity contribution >= 4 is 23.3 Å². The highest BCUT2D eigenvalue weighted by Crippen LogP contribution is 2.34.